The van der Waals surface area contributed by atoms with Crippen LogP contribution in [0.1, 0.15) is 25.5 Å². The maximum atomic E-state index is 12.4. The highest BCUT2D eigenvalue weighted by atomic mass is 16.5. The molecule has 1 fully saturated rings. The maximum Gasteiger partial charge on any atom is 0.329 e. The summed E-state index contributed by atoms with van der Waals surface area (Å²) >= 11 is 0. The summed E-state index contributed by atoms with van der Waals surface area (Å²) in [5.74, 6) is -1.20. The normalized spacial score (nSPS) is 16.2. The van der Waals surface area contributed by atoms with Crippen molar-refractivity contribution in [3.8, 4) is 0 Å². The molecule has 7 nitrogen and oxygen atoms in total. The van der Waals surface area contributed by atoms with Gasteiger partial charge in [-0.1, -0.05) is 18.2 Å². The number of methoxy groups -OCH3 is 1. The van der Waals surface area contributed by atoms with Crippen LogP contribution >= 0.6 is 0 Å². The van der Waals surface area contributed by atoms with Crippen LogP contribution in [0.3, 0.4) is 0 Å². The number of nitrogens with zero attached hydrogens (tertiary/aromatic N) is 2. The Labute approximate surface area is 144 Å². The Morgan fingerprint density at radius 3 is 2.68 bits per heavy atom. The van der Waals surface area contributed by atoms with Crippen molar-refractivity contribution in [2.45, 2.75) is 19.9 Å². The third kappa shape index (κ3) is 3.00. The van der Waals surface area contributed by atoms with Crippen LogP contribution < -0.4 is 5.32 Å². The average Bonchev–Trinajstić information content (AvgIpc) is 3.08. The lowest BCUT2D eigenvalue weighted by atomic mass is 10.1. The first-order chi connectivity index (χ1) is 11.9. The third-order valence-electron chi connectivity index (χ3n) is 4.10. The van der Waals surface area contributed by atoms with Crippen molar-refractivity contribution in [1.82, 2.24) is 14.8 Å². The highest BCUT2D eigenvalue weighted by Crippen LogP contribution is 2.27. The minimum atomic E-state index is -0.652. The molecule has 1 aromatic carbocycles. The number of rotatable bonds is 4. The van der Waals surface area contributed by atoms with Crippen LogP contribution in [0.4, 0.5) is 4.79 Å². The molecule has 0 aliphatic carbocycles. The molecule has 0 atom stereocenters. The van der Waals surface area contributed by atoms with E-state index in [9.17, 15) is 14.4 Å². The van der Waals surface area contributed by atoms with Gasteiger partial charge < -0.3 is 14.6 Å². The molecule has 3 rings (SSSR count). The molecule has 1 aromatic heterocycles. The number of hydrogen-bond donors (Lipinski definition) is 1. The molecule has 2 heterocycles. The molecule has 25 heavy (non-hydrogen) atoms. The van der Waals surface area contributed by atoms with E-state index in [4.69, 9.17) is 0 Å². The Hall–Kier alpha value is -3.09. The fraction of sp³-hybridized carbons (Fsp3) is 0.278. The second-order valence-electron chi connectivity index (χ2n) is 6.06. The second-order valence-corrected chi connectivity index (χ2v) is 6.06. The van der Waals surface area contributed by atoms with Crippen LogP contribution in [0.5, 0.6) is 0 Å². The third-order valence-corrected chi connectivity index (χ3v) is 4.10. The molecule has 7 heteroatoms. The van der Waals surface area contributed by atoms with Gasteiger partial charge in [0.15, 0.2) is 0 Å². The SMILES string of the molecule is COC(=O)CN1C(=O)N/C(=C/c2cn(C(C)C)c3ccccc23)C1=O. The number of hydrogen-bond acceptors (Lipinski definition) is 4. The fourth-order valence-corrected chi connectivity index (χ4v) is 2.84. The van der Waals surface area contributed by atoms with Gasteiger partial charge in [0.1, 0.15) is 12.2 Å². The summed E-state index contributed by atoms with van der Waals surface area (Å²) in [7, 11) is 1.21. The van der Waals surface area contributed by atoms with Gasteiger partial charge in [0.2, 0.25) is 0 Å². The number of benzene rings is 1. The van der Waals surface area contributed by atoms with Crippen LogP contribution in [-0.2, 0) is 14.3 Å². The minimum Gasteiger partial charge on any atom is -0.468 e. The van der Waals surface area contributed by atoms with Crippen molar-refractivity contribution >= 4 is 34.9 Å². The van der Waals surface area contributed by atoms with Crippen molar-refractivity contribution < 1.29 is 19.1 Å². The molecule has 2 aromatic rings. The van der Waals surface area contributed by atoms with E-state index in [2.05, 4.69) is 28.5 Å². The number of para-hydroxylation sites is 1. The number of carbonyl (C=O) groups is 3. The molecule has 1 N–H and O–H groups in total. The van der Waals surface area contributed by atoms with Crippen LogP contribution in [0.2, 0.25) is 0 Å². The number of carbonyl (C=O) groups excluding carboxylic acids is 3. The van der Waals surface area contributed by atoms with Gasteiger partial charge in [0, 0.05) is 28.7 Å². The van der Waals surface area contributed by atoms with Gasteiger partial charge in [-0.3, -0.25) is 9.59 Å². The smallest absolute Gasteiger partial charge is 0.329 e. The van der Waals surface area contributed by atoms with E-state index in [1.807, 2.05) is 30.5 Å². The van der Waals surface area contributed by atoms with Crippen molar-refractivity contribution in [1.29, 1.82) is 0 Å². The first-order valence-electron chi connectivity index (χ1n) is 7.93. The highest BCUT2D eigenvalue weighted by molar-refractivity contribution is 6.15. The Morgan fingerprint density at radius 1 is 1.28 bits per heavy atom. The van der Waals surface area contributed by atoms with Gasteiger partial charge in [-0.05, 0) is 26.0 Å². The predicted octanol–water partition coefficient (Wildman–Crippen LogP) is 2.29. The van der Waals surface area contributed by atoms with E-state index >= 15 is 0 Å². The summed E-state index contributed by atoms with van der Waals surface area (Å²) in [6, 6.07) is 7.48. The highest BCUT2D eigenvalue weighted by Gasteiger charge is 2.35. The number of nitrogens with one attached hydrogen (secondary N) is 1. The Bertz CT molecular complexity index is 895. The first-order valence-corrected chi connectivity index (χ1v) is 7.93. The van der Waals surface area contributed by atoms with Gasteiger partial charge in [0.25, 0.3) is 5.91 Å². The standard InChI is InChI=1S/C18H19N3O4/c1-11(2)20-9-12(13-6-4-5-7-15(13)20)8-14-17(23)21(18(24)19-14)10-16(22)25-3/h4-9,11H,10H2,1-3H3,(H,19,24)/b14-8+. The van der Waals surface area contributed by atoms with Gasteiger partial charge in [-0.2, -0.15) is 0 Å². The summed E-state index contributed by atoms with van der Waals surface area (Å²) in [5.41, 5.74) is 2.01. The van der Waals surface area contributed by atoms with Gasteiger partial charge >= 0.3 is 12.0 Å². The molecular weight excluding hydrogens is 322 g/mol. The van der Waals surface area contributed by atoms with Gasteiger partial charge in [-0.25, -0.2) is 9.69 Å². The van der Waals surface area contributed by atoms with Crippen molar-refractivity contribution in [3.05, 3.63) is 41.7 Å². The molecule has 0 spiro atoms. The number of urea groups is 1. The van der Waals surface area contributed by atoms with Crippen LogP contribution in [-0.4, -0.2) is 41.0 Å². The Morgan fingerprint density at radius 2 is 2.00 bits per heavy atom. The summed E-state index contributed by atoms with van der Waals surface area (Å²) in [4.78, 5) is 36.6. The lowest BCUT2D eigenvalue weighted by Crippen LogP contribution is -2.36. The molecule has 0 saturated carbocycles. The number of imide groups is 1. The Balaban J connectivity index is 1.99. The van der Waals surface area contributed by atoms with E-state index in [0.717, 1.165) is 21.4 Å². The number of fused-ring (bicyclic) bond motifs is 1. The largest absolute Gasteiger partial charge is 0.468 e. The molecule has 0 bridgehead atoms. The van der Waals surface area contributed by atoms with Crippen LogP contribution in [0.25, 0.3) is 17.0 Å². The van der Waals surface area contributed by atoms with E-state index in [1.165, 1.54) is 7.11 Å². The topological polar surface area (TPSA) is 80.6 Å². The van der Waals surface area contributed by atoms with E-state index in [0.29, 0.717) is 0 Å². The maximum absolute atomic E-state index is 12.4. The zero-order chi connectivity index (χ0) is 18.1. The van der Waals surface area contributed by atoms with Gasteiger partial charge in [0.05, 0.1) is 7.11 Å². The molecule has 0 unspecified atom stereocenters. The van der Waals surface area contributed by atoms with Crippen molar-refractivity contribution in [2.75, 3.05) is 13.7 Å². The van der Waals surface area contributed by atoms with E-state index < -0.39 is 24.5 Å². The summed E-state index contributed by atoms with van der Waals surface area (Å²) in [5, 5.41) is 3.50. The molecule has 3 amide bonds. The quantitative estimate of drug-likeness (QED) is 0.526. The van der Waals surface area contributed by atoms with Crippen molar-refractivity contribution in [2.24, 2.45) is 0 Å². The predicted molar refractivity (Wildman–Crippen MR) is 92.6 cm³/mol. The van der Waals surface area contributed by atoms with Crippen molar-refractivity contribution in [3.63, 3.8) is 0 Å². The molecule has 1 aliphatic rings. The zero-order valence-electron chi connectivity index (χ0n) is 14.3. The average molecular weight is 341 g/mol. The summed E-state index contributed by atoms with van der Waals surface area (Å²) < 4.78 is 6.62. The van der Waals surface area contributed by atoms with Crippen LogP contribution in [0, 0.1) is 0 Å². The fourth-order valence-electron chi connectivity index (χ4n) is 2.84. The van der Waals surface area contributed by atoms with E-state index in [1.54, 1.807) is 6.08 Å². The van der Waals surface area contributed by atoms with Gasteiger partial charge in [-0.15, -0.1) is 0 Å². The monoisotopic (exact) mass is 341 g/mol. The van der Waals surface area contributed by atoms with E-state index in [-0.39, 0.29) is 11.7 Å². The first kappa shape index (κ1) is 16.8. The minimum absolute atomic E-state index is 0.139. The number of esters is 1. The number of aromatic nitrogens is 1. The summed E-state index contributed by atoms with van der Waals surface area (Å²) in [6.07, 6.45) is 3.59. The summed E-state index contributed by atoms with van der Waals surface area (Å²) in [6.45, 7) is 3.74. The number of amides is 3. The molecule has 1 aliphatic heterocycles. The number of ether oxygens (including phenoxy) is 1. The second kappa shape index (κ2) is 6.43. The lowest BCUT2D eigenvalue weighted by Gasteiger charge is -2.08. The lowest BCUT2D eigenvalue weighted by molar-refractivity contribution is -0.143. The Kier molecular flexibility index (Phi) is 4.31. The van der Waals surface area contributed by atoms with Crippen LogP contribution in [0.15, 0.2) is 36.2 Å². The molecule has 1 saturated heterocycles. The molecule has 0 radical (unpaired) electrons. The zero-order valence-corrected chi connectivity index (χ0v) is 14.3. The molecule has 130 valence electrons. The molecular formula is C18H19N3O4.